The van der Waals surface area contributed by atoms with E-state index in [-0.39, 0.29) is 36.1 Å². The van der Waals surface area contributed by atoms with E-state index in [0.29, 0.717) is 19.3 Å². The molecule has 124 valence electrons. The van der Waals surface area contributed by atoms with E-state index >= 15 is 0 Å². The van der Waals surface area contributed by atoms with Gasteiger partial charge in [0.2, 0.25) is 0 Å². The number of rotatable bonds is 4. The van der Waals surface area contributed by atoms with Crippen LogP contribution in [-0.4, -0.2) is 46.5 Å². The van der Waals surface area contributed by atoms with Gasteiger partial charge < -0.3 is 14.6 Å². The molecule has 2 aliphatic heterocycles. The third-order valence-corrected chi connectivity index (χ3v) is 3.28. The topological polar surface area (TPSA) is 72.8 Å². The predicted molar refractivity (Wildman–Crippen MR) is 84.9 cm³/mol. The number of hydrogen-bond donors (Lipinski definition) is 1. The van der Waals surface area contributed by atoms with Gasteiger partial charge in [-0.05, 0) is 19.3 Å². The first kappa shape index (κ1) is 21.0. The van der Waals surface area contributed by atoms with Gasteiger partial charge in [-0.1, -0.05) is 15.9 Å². The summed E-state index contributed by atoms with van der Waals surface area (Å²) in [7, 11) is 0. The van der Waals surface area contributed by atoms with Gasteiger partial charge in [-0.3, -0.25) is 9.59 Å². The normalized spacial score (nSPS) is 23.4. The predicted octanol–water partition coefficient (Wildman–Crippen LogP) is 2.97. The van der Waals surface area contributed by atoms with Gasteiger partial charge in [0.25, 0.3) is 0 Å². The van der Waals surface area contributed by atoms with Crippen molar-refractivity contribution in [2.24, 2.45) is 0 Å². The lowest BCUT2D eigenvalue weighted by molar-refractivity contribution is -0.142. The van der Waals surface area contributed by atoms with Gasteiger partial charge in [0.1, 0.15) is 12.2 Å². The lowest BCUT2D eigenvalue weighted by Gasteiger charge is -2.04. The van der Waals surface area contributed by atoms with Crippen molar-refractivity contribution in [3.05, 3.63) is 0 Å². The molecule has 0 aromatic rings. The highest BCUT2D eigenvalue weighted by atomic mass is 79.9. The number of cyclic esters (lactones) is 2. The molecule has 8 heteroatoms. The van der Waals surface area contributed by atoms with Gasteiger partial charge in [-0.25, -0.2) is 0 Å². The first-order chi connectivity index (χ1) is 10.1. The van der Waals surface area contributed by atoms with E-state index in [9.17, 15) is 9.59 Å². The fraction of sp³-hybridized carbons (Fsp3) is 0.846. The minimum Gasteiger partial charge on any atom is -0.462 e. The number of esters is 2. The van der Waals surface area contributed by atoms with Crippen LogP contribution < -0.4 is 0 Å². The molecule has 2 rings (SSSR count). The van der Waals surface area contributed by atoms with Crippen molar-refractivity contribution in [2.45, 2.75) is 50.7 Å². The van der Waals surface area contributed by atoms with E-state index < -0.39 is 0 Å². The molecule has 0 unspecified atom stereocenters. The number of aliphatic hydroxyl groups excluding tert-OH is 1. The second kappa shape index (κ2) is 13.6. The van der Waals surface area contributed by atoms with Crippen molar-refractivity contribution in [1.82, 2.24) is 0 Å². The van der Waals surface area contributed by atoms with Crippen LogP contribution in [0.3, 0.4) is 0 Å². The van der Waals surface area contributed by atoms with Crippen molar-refractivity contribution in [3.8, 4) is 0 Å². The molecule has 2 fully saturated rings. The van der Waals surface area contributed by atoms with E-state index in [4.69, 9.17) is 37.8 Å². The van der Waals surface area contributed by atoms with E-state index in [0.717, 1.165) is 24.6 Å². The Balaban J connectivity index is 0.000000322. The Labute approximate surface area is 143 Å². The fourth-order valence-electron chi connectivity index (χ4n) is 1.84. The molecule has 2 atom stereocenters. The Morgan fingerprint density at radius 2 is 1.48 bits per heavy atom. The molecule has 2 aliphatic rings. The van der Waals surface area contributed by atoms with Crippen molar-refractivity contribution in [3.63, 3.8) is 0 Å². The van der Waals surface area contributed by atoms with Crippen LogP contribution in [0.5, 0.6) is 0 Å². The van der Waals surface area contributed by atoms with Gasteiger partial charge >= 0.3 is 11.9 Å². The summed E-state index contributed by atoms with van der Waals surface area (Å²) in [6, 6.07) is 0. The minimum absolute atomic E-state index is 0.0116. The summed E-state index contributed by atoms with van der Waals surface area (Å²) in [5.41, 5.74) is 0. The van der Waals surface area contributed by atoms with Gasteiger partial charge in [-0.2, -0.15) is 0 Å². The average molecular weight is 408 g/mol. The van der Waals surface area contributed by atoms with Crippen LogP contribution in [0.25, 0.3) is 0 Å². The highest BCUT2D eigenvalue weighted by Gasteiger charge is 2.22. The van der Waals surface area contributed by atoms with Crippen LogP contribution >= 0.6 is 39.1 Å². The summed E-state index contributed by atoms with van der Waals surface area (Å²) in [6.07, 6.45) is 4.53. The summed E-state index contributed by atoms with van der Waals surface area (Å²) in [4.78, 5) is 20.9. The summed E-state index contributed by atoms with van der Waals surface area (Å²) in [6.45, 7) is 0.109. The van der Waals surface area contributed by atoms with Gasteiger partial charge in [0.15, 0.2) is 0 Å². The lowest BCUT2D eigenvalue weighted by Crippen LogP contribution is -2.08. The molecule has 0 spiro atoms. The second-order valence-electron chi connectivity index (χ2n) is 4.39. The third-order valence-electron chi connectivity index (χ3n) is 2.82. The smallest absolute Gasteiger partial charge is 0.306 e. The van der Waals surface area contributed by atoms with Crippen LogP contribution in [-0.2, 0) is 19.1 Å². The summed E-state index contributed by atoms with van der Waals surface area (Å²) >= 11 is 12.8. The molecule has 0 aliphatic carbocycles. The Morgan fingerprint density at radius 1 is 1.05 bits per heavy atom. The zero-order chi connectivity index (χ0) is 16.1. The van der Waals surface area contributed by atoms with E-state index in [2.05, 4.69) is 15.9 Å². The van der Waals surface area contributed by atoms with Crippen LogP contribution in [0.1, 0.15) is 38.5 Å². The number of aliphatic hydroxyl groups is 1. The number of carbonyl (C=O) groups is 2. The molecule has 0 saturated carbocycles. The lowest BCUT2D eigenvalue weighted by atomic mass is 10.2. The molecule has 0 bridgehead atoms. The molecule has 0 amide bonds. The molecule has 2 saturated heterocycles. The second-order valence-corrected chi connectivity index (χ2v) is 5.99. The van der Waals surface area contributed by atoms with Crippen molar-refractivity contribution < 1.29 is 24.2 Å². The summed E-state index contributed by atoms with van der Waals surface area (Å²) < 4.78 is 9.74. The maximum Gasteiger partial charge on any atom is 0.306 e. The molecular weight excluding hydrogens is 387 g/mol. The van der Waals surface area contributed by atoms with Crippen LogP contribution in [0.15, 0.2) is 0 Å². The number of carbonyl (C=O) groups excluding carboxylic acids is 2. The highest BCUT2D eigenvalue weighted by Crippen LogP contribution is 2.17. The Kier molecular flexibility index (Phi) is 13.6. The van der Waals surface area contributed by atoms with Crippen LogP contribution in [0.4, 0.5) is 0 Å². The number of alkyl halides is 3. The largest absolute Gasteiger partial charge is 0.462 e. The molecule has 0 radical (unpaired) electrons. The molecule has 5 nitrogen and oxygen atoms in total. The number of hydrogen-bond acceptors (Lipinski definition) is 5. The number of ether oxygens (including phenoxy) is 2. The van der Waals surface area contributed by atoms with Crippen LogP contribution in [0.2, 0.25) is 0 Å². The van der Waals surface area contributed by atoms with Gasteiger partial charge in [-0.15, -0.1) is 23.2 Å². The third kappa shape index (κ3) is 11.2. The maximum absolute atomic E-state index is 10.5. The summed E-state index contributed by atoms with van der Waals surface area (Å²) in [5.74, 6) is -0.172. The molecule has 0 aromatic carbocycles. The van der Waals surface area contributed by atoms with Crippen LogP contribution in [0, 0.1) is 0 Å². The van der Waals surface area contributed by atoms with Gasteiger partial charge in [0, 0.05) is 31.2 Å². The zero-order valence-electron chi connectivity index (χ0n) is 11.7. The Morgan fingerprint density at radius 3 is 1.76 bits per heavy atom. The monoisotopic (exact) mass is 406 g/mol. The van der Waals surface area contributed by atoms with Crippen molar-refractivity contribution in [2.75, 3.05) is 17.3 Å². The molecule has 1 N–H and O–H groups in total. The van der Waals surface area contributed by atoms with Crippen molar-refractivity contribution in [1.29, 1.82) is 0 Å². The number of halogens is 3. The quantitative estimate of drug-likeness (QED) is 0.572. The van der Waals surface area contributed by atoms with Crippen molar-refractivity contribution >= 4 is 51.1 Å². The first-order valence-electron chi connectivity index (χ1n) is 6.75. The van der Waals surface area contributed by atoms with E-state index in [1.807, 2.05) is 0 Å². The SMILES string of the molecule is ClCCl.O=C1CC[C@H](CCBr)O1.O=C1CC[C@H](CCO)O1. The van der Waals surface area contributed by atoms with E-state index in [1.165, 1.54) is 0 Å². The standard InChI is InChI=1S/C6H9BrO2.C6H10O3.CH2Cl2/c2*7-4-3-5-1-2-6(8)9-5;2-1-3/h5H,1-4H2;5,7H,1-4H2;1H2/t2*5-;/m11./s1. The average Bonchev–Trinajstić information content (AvgIpc) is 3.02. The molecular formula is C13H21BrCl2O5. The maximum atomic E-state index is 10.5. The highest BCUT2D eigenvalue weighted by molar-refractivity contribution is 9.09. The molecule has 2 heterocycles. The molecule has 0 aromatic heterocycles. The molecule has 21 heavy (non-hydrogen) atoms. The minimum atomic E-state index is -0.131. The summed E-state index contributed by atoms with van der Waals surface area (Å²) in [5, 5.41) is 9.54. The Bertz CT molecular complexity index is 276. The first-order valence-corrected chi connectivity index (χ1v) is 8.94. The van der Waals surface area contributed by atoms with Gasteiger partial charge in [0.05, 0.1) is 5.34 Å². The Hall–Kier alpha value is -0.0400. The fourth-order valence-corrected chi connectivity index (χ4v) is 2.35. The zero-order valence-corrected chi connectivity index (χ0v) is 14.8. The van der Waals surface area contributed by atoms with E-state index in [1.54, 1.807) is 0 Å².